The molecule has 0 spiro atoms. The molecule has 17 heavy (non-hydrogen) atoms. The van der Waals surface area contributed by atoms with Crippen molar-refractivity contribution in [1.29, 1.82) is 0 Å². The lowest BCUT2D eigenvalue weighted by Crippen LogP contribution is -2.41. The summed E-state index contributed by atoms with van der Waals surface area (Å²) in [5.74, 6) is 0.224. The van der Waals surface area contributed by atoms with Gasteiger partial charge in [-0.2, -0.15) is 0 Å². The lowest BCUT2D eigenvalue weighted by atomic mass is 10.1. The Labute approximate surface area is 115 Å². The fourth-order valence-electron chi connectivity index (χ4n) is 1.37. The van der Waals surface area contributed by atoms with Crippen LogP contribution in [0.3, 0.4) is 0 Å². The van der Waals surface area contributed by atoms with E-state index in [1.54, 1.807) is 19.5 Å². The maximum atomic E-state index is 12.0. The molecule has 0 bridgehead atoms. The highest BCUT2D eigenvalue weighted by molar-refractivity contribution is 14.1. The predicted molar refractivity (Wildman–Crippen MR) is 74.9 cm³/mol. The van der Waals surface area contributed by atoms with Crippen LogP contribution in [0.25, 0.3) is 0 Å². The first-order valence-electron chi connectivity index (χ1n) is 5.45. The SMILES string of the molecule is COCC(NC(=O)c1cncc(I)c1)C(C)C. The summed E-state index contributed by atoms with van der Waals surface area (Å²) in [6.07, 6.45) is 3.29. The Morgan fingerprint density at radius 2 is 2.24 bits per heavy atom. The van der Waals surface area contributed by atoms with E-state index in [1.165, 1.54) is 0 Å². The number of carbonyl (C=O) groups is 1. The first-order valence-corrected chi connectivity index (χ1v) is 6.52. The van der Waals surface area contributed by atoms with Crippen LogP contribution in [-0.2, 0) is 4.74 Å². The fraction of sp³-hybridized carbons (Fsp3) is 0.500. The van der Waals surface area contributed by atoms with Crippen molar-refractivity contribution in [2.45, 2.75) is 19.9 Å². The molecule has 0 saturated heterocycles. The van der Waals surface area contributed by atoms with Crippen LogP contribution in [0.1, 0.15) is 24.2 Å². The Morgan fingerprint density at radius 1 is 1.53 bits per heavy atom. The molecule has 1 unspecified atom stereocenters. The summed E-state index contributed by atoms with van der Waals surface area (Å²) >= 11 is 2.14. The Balaban J connectivity index is 2.70. The van der Waals surface area contributed by atoms with E-state index >= 15 is 0 Å². The molecule has 0 radical (unpaired) electrons. The van der Waals surface area contributed by atoms with Gasteiger partial charge in [0.2, 0.25) is 0 Å². The van der Waals surface area contributed by atoms with Crippen molar-refractivity contribution in [3.63, 3.8) is 0 Å². The average Bonchev–Trinajstić information content (AvgIpc) is 2.28. The molecule has 5 heteroatoms. The van der Waals surface area contributed by atoms with Crippen LogP contribution in [0.5, 0.6) is 0 Å². The zero-order valence-corrected chi connectivity index (χ0v) is 12.4. The lowest BCUT2D eigenvalue weighted by molar-refractivity contribution is 0.0866. The molecule has 1 aromatic rings. The molecule has 1 atom stereocenters. The van der Waals surface area contributed by atoms with E-state index in [-0.39, 0.29) is 11.9 Å². The predicted octanol–water partition coefficient (Wildman–Crippen LogP) is 2.09. The third-order valence-corrected chi connectivity index (χ3v) is 3.02. The Hall–Kier alpha value is -0.690. The Kier molecular flexibility index (Phi) is 5.84. The van der Waals surface area contributed by atoms with Gasteiger partial charge in [-0.15, -0.1) is 0 Å². The molecule has 94 valence electrons. The number of aromatic nitrogens is 1. The third kappa shape index (κ3) is 4.59. The Bertz CT molecular complexity index is 383. The smallest absolute Gasteiger partial charge is 0.253 e. The topological polar surface area (TPSA) is 51.2 Å². The summed E-state index contributed by atoms with van der Waals surface area (Å²) in [5.41, 5.74) is 0.582. The molecule has 0 aromatic carbocycles. The summed E-state index contributed by atoms with van der Waals surface area (Å²) in [5, 5.41) is 2.95. The van der Waals surface area contributed by atoms with Gasteiger partial charge in [-0.05, 0) is 34.6 Å². The fourth-order valence-corrected chi connectivity index (χ4v) is 1.86. The van der Waals surface area contributed by atoms with Crippen molar-refractivity contribution in [2.75, 3.05) is 13.7 Å². The number of ether oxygens (including phenoxy) is 1. The minimum absolute atomic E-state index is 0.0189. The molecule has 1 heterocycles. The van der Waals surface area contributed by atoms with Crippen molar-refractivity contribution in [1.82, 2.24) is 10.3 Å². The summed E-state index contributed by atoms with van der Waals surface area (Å²) in [6.45, 7) is 4.62. The number of methoxy groups -OCH3 is 1. The molecular formula is C12H17IN2O2. The van der Waals surface area contributed by atoms with Gasteiger partial charge in [0.15, 0.2) is 0 Å². The van der Waals surface area contributed by atoms with E-state index in [2.05, 4.69) is 46.7 Å². The van der Waals surface area contributed by atoms with E-state index in [9.17, 15) is 4.79 Å². The van der Waals surface area contributed by atoms with Gasteiger partial charge >= 0.3 is 0 Å². The molecule has 1 rings (SSSR count). The largest absolute Gasteiger partial charge is 0.383 e. The molecular weight excluding hydrogens is 331 g/mol. The first-order chi connectivity index (χ1) is 8.04. The summed E-state index contributed by atoms with van der Waals surface area (Å²) in [4.78, 5) is 16.0. The molecule has 1 amide bonds. The van der Waals surface area contributed by atoms with E-state index < -0.39 is 0 Å². The van der Waals surface area contributed by atoms with Gasteiger partial charge in [-0.3, -0.25) is 9.78 Å². The number of halogens is 1. The molecule has 4 nitrogen and oxygen atoms in total. The zero-order valence-electron chi connectivity index (χ0n) is 10.2. The van der Waals surface area contributed by atoms with Crippen LogP contribution in [0.15, 0.2) is 18.5 Å². The summed E-state index contributed by atoms with van der Waals surface area (Å²) in [6, 6.07) is 1.83. The van der Waals surface area contributed by atoms with Crippen molar-refractivity contribution < 1.29 is 9.53 Å². The normalized spacial score (nSPS) is 12.5. The number of hydrogen-bond donors (Lipinski definition) is 1. The molecule has 1 aromatic heterocycles. The minimum Gasteiger partial charge on any atom is -0.383 e. The van der Waals surface area contributed by atoms with E-state index in [0.29, 0.717) is 18.1 Å². The zero-order chi connectivity index (χ0) is 12.8. The highest BCUT2D eigenvalue weighted by Gasteiger charge is 2.17. The second kappa shape index (κ2) is 6.90. The number of amides is 1. The molecule has 0 aliphatic rings. The number of hydrogen-bond acceptors (Lipinski definition) is 3. The van der Waals surface area contributed by atoms with Gasteiger partial charge in [0.1, 0.15) is 0 Å². The highest BCUT2D eigenvalue weighted by Crippen LogP contribution is 2.07. The average molecular weight is 348 g/mol. The maximum absolute atomic E-state index is 12.0. The standard InChI is InChI=1S/C12H17IN2O2/c1-8(2)11(7-17-3)15-12(16)9-4-10(13)6-14-5-9/h4-6,8,11H,7H2,1-3H3,(H,15,16). The second-order valence-corrected chi connectivity index (χ2v) is 5.42. The first kappa shape index (κ1) is 14.4. The van der Waals surface area contributed by atoms with Gasteiger partial charge in [0.25, 0.3) is 5.91 Å². The third-order valence-electron chi connectivity index (χ3n) is 2.43. The summed E-state index contributed by atoms with van der Waals surface area (Å²) in [7, 11) is 1.63. The molecule has 0 saturated carbocycles. The quantitative estimate of drug-likeness (QED) is 0.829. The number of rotatable bonds is 5. The summed E-state index contributed by atoms with van der Waals surface area (Å²) < 4.78 is 6.04. The van der Waals surface area contributed by atoms with Crippen LogP contribution in [0.2, 0.25) is 0 Å². The highest BCUT2D eigenvalue weighted by atomic mass is 127. The van der Waals surface area contributed by atoms with Crippen LogP contribution < -0.4 is 5.32 Å². The minimum atomic E-state index is -0.105. The van der Waals surface area contributed by atoms with Gasteiger partial charge in [0, 0.05) is 23.1 Å². The van der Waals surface area contributed by atoms with Gasteiger partial charge in [0.05, 0.1) is 18.2 Å². The Morgan fingerprint density at radius 3 is 2.76 bits per heavy atom. The number of pyridine rings is 1. The number of nitrogens with one attached hydrogen (secondary N) is 1. The van der Waals surface area contributed by atoms with Gasteiger partial charge in [-0.1, -0.05) is 13.8 Å². The van der Waals surface area contributed by atoms with Crippen molar-refractivity contribution in [3.8, 4) is 0 Å². The molecule has 0 aliphatic carbocycles. The number of carbonyl (C=O) groups excluding carboxylic acids is 1. The van der Waals surface area contributed by atoms with Crippen molar-refractivity contribution in [2.24, 2.45) is 5.92 Å². The van der Waals surface area contributed by atoms with Crippen molar-refractivity contribution in [3.05, 3.63) is 27.6 Å². The van der Waals surface area contributed by atoms with Crippen LogP contribution in [0.4, 0.5) is 0 Å². The van der Waals surface area contributed by atoms with Crippen LogP contribution in [-0.4, -0.2) is 30.6 Å². The van der Waals surface area contributed by atoms with E-state index in [1.807, 2.05) is 6.07 Å². The van der Waals surface area contributed by atoms with E-state index in [0.717, 1.165) is 3.57 Å². The van der Waals surface area contributed by atoms with Gasteiger partial charge in [-0.25, -0.2) is 0 Å². The van der Waals surface area contributed by atoms with Crippen molar-refractivity contribution >= 4 is 28.5 Å². The second-order valence-electron chi connectivity index (χ2n) is 4.17. The van der Waals surface area contributed by atoms with Crippen LogP contribution >= 0.6 is 22.6 Å². The lowest BCUT2D eigenvalue weighted by Gasteiger charge is -2.21. The number of nitrogens with zero attached hydrogens (tertiary/aromatic N) is 1. The molecule has 0 fully saturated rings. The monoisotopic (exact) mass is 348 g/mol. The molecule has 1 N–H and O–H groups in total. The van der Waals surface area contributed by atoms with Crippen LogP contribution in [0, 0.1) is 9.49 Å². The molecule has 0 aliphatic heterocycles. The van der Waals surface area contributed by atoms with Gasteiger partial charge < -0.3 is 10.1 Å². The maximum Gasteiger partial charge on any atom is 0.253 e. The van der Waals surface area contributed by atoms with E-state index in [4.69, 9.17) is 4.74 Å².